The van der Waals surface area contributed by atoms with Crippen molar-refractivity contribution in [2.45, 2.75) is 33.0 Å². The first-order valence-corrected chi connectivity index (χ1v) is 11.2. The predicted molar refractivity (Wildman–Crippen MR) is 125 cm³/mol. The monoisotopic (exact) mass is 462 g/mol. The van der Waals surface area contributed by atoms with Crippen molar-refractivity contribution >= 4 is 46.1 Å². The van der Waals surface area contributed by atoms with E-state index in [1.54, 1.807) is 27.2 Å². The largest absolute Gasteiger partial charge is 0.383 e. The Morgan fingerprint density at radius 2 is 1.97 bits per heavy atom. The van der Waals surface area contributed by atoms with Gasteiger partial charge in [-0.05, 0) is 32.4 Å². The maximum atomic E-state index is 13.0. The first kappa shape index (κ1) is 23.5. The van der Waals surface area contributed by atoms with Crippen LogP contribution in [0.5, 0.6) is 0 Å². The van der Waals surface area contributed by atoms with Crippen LogP contribution in [0, 0.1) is 18.3 Å². The van der Waals surface area contributed by atoms with Crippen molar-refractivity contribution in [3.8, 4) is 6.07 Å². The van der Waals surface area contributed by atoms with Crippen LogP contribution >= 0.6 is 24.0 Å². The second-order valence-corrected chi connectivity index (χ2v) is 9.38. The molecule has 166 valence electrons. The topological polar surface area (TPSA) is 87.8 Å². The number of amides is 1. The molecule has 0 aromatic carbocycles. The van der Waals surface area contributed by atoms with E-state index in [2.05, 4.69) is 4.90 Å². The second-order valence-electron chi connectivity index (χ2n) is 7.70. The molecule has 3 heterocycles. The lowest BCUT2D eigenvalue weighted by Gasteiger charge is -2.38. The minimum Gasteiger partial charge on any atom is -0.383 e. The Bertz CT molecular complexity index is 1030. The van der Waals surface area contributed by atoms with Gasteiger partial charge in [0, 0.05) is 32.8 Å². The number of thiocarbonyl (C=S) groups is 1. The zero-order valence-electron chi connectivity index (χ0n) is 18.3. The summed E-state index contributed by atoms with van der Waals surface area (Å²) in [6.07, 6.45) is 1.71. The minimum atomic E-state index is -0.355. The van der Waals surface area contributed by atoms with E-state index in [1.807, 2.05) is 19.9 Å². The number of nitrogens with zero attached hydrogens (tertiary/aromatic N) is 4. The van der Waals surface area contributed by atoms with Crippen LogP contribution in [0.15, 0.2) is 9.70 Å². The molecule has 1 aromatic rings. The molecular formula is C21H26N4O4S2. The number of rotatable bonds is 5. The third kappa shape index (κ3) is 4.55. The number of carbonyl (C=O) groups excluding carboxylic acids is 1. The number of ether oxygens (including phenoxy) is 2. The molecule has 8 nitrogen and oxygen atoms in total. The lowest BCUT2D eigenvalue weighted by Crippen LogP contribution is -2.47. The summed E-state index contributed by atoms with van der Waals surface area (Å²) >= 11 is 6.59. The number of pyridine rings is 1. The normalized spacial score (nSPS) is 23.0. The molecule has 31 heavy (non-hydrogen) atoms. The van der Waals surface area contributed by atoms with Gasteiger partial charge in [-0.3, -0.25) is 19.1 Å². The number of aromatic nitrogens is 1. The molecule has 10 heteroatoms. The Morgan fingerprint density at radius 3 is 2.55 bits per heavy atom. The molecule has 1 amide bonds. The van der Waals surface area contributed by atoms with Gasteiger partial charge in [-0.25, -0.2) is 0 Å². The van der Waals surface area contributed by atoms with Crippen LogP contribution in [0.3, 0.4) is 0 Å². The summed E-state index contributed by atoms with van der Waals surface area (Å²) in [6.45, 7) is 7.66. The van der Waals surface area contributed by atoms with Crippen LogP contribution in [0.25, 0.3) is 6.08 Å². The highest BCUT2D eigenvalue weighted by Gasteiger charge is 2.33. The van der Waals surface area contributed by atoms with Crippen LogP contribution in [-0.4, -0.2) is 65.3 Å². The number of morpholine rings is 1. The Hall–Kier alpha value is -2.19. The van der Waals surface area contributed by atoms with Gasteiger partial charge in [-0.2, -0.15) is 5.26 Å². The quantitative estimate of drug-likeness (QED) is 0.485. The molecule has 3 rings (SSSR count). The highest BCUT2D eigenvalue weighted by molar-refractivity contribution is 8.26. The SMILES string of the molecule is COCCN1C(=O)/C(=C\c2c(C)c(C#N)c(=O)n(C)c2N2C[C@@H](C)O[C@@H](C)C2)SC1=S. The third-order valence-corrected chi connectivity index (χ3v) is 6.73. The van der Waals surface area contributed by atoms with Gasteiger partial charge in [0.15, 0.2) is 0 Å². The summed E-state index contributed by atoms with van der Waals surface area (Å²) in [4.78, 5) is 29.9. The number of carbonyl (C=O) groups is 1. The lowest BCUT2D eigenvalue weighted by atomic mass is 10.0. The molecule has 2 aliphatic rings. The summed E-state index contributed by atoms with van der Waals surface area (Å²) in [5.41, 5.74) is 0.940. The van der Waals surface area contributed by atoms with E-state index in [9.17, 15) is 14.9 Å². The van der Waals surface area contributed by atoms with E-state index in [1.165, 1.54) is 21.2 Å². The number of anilines is 1. The lowest BCUT2D eigenvalue weighted by molar-refractivity contribution is -0.122. The Morgan fingerprint density at radius 1 is 1.32 bits per heavy atom. The Kier molecular flexibility index (Phi) is 7.21. The van der Waals surface area contributed by atoms with Crippen LogP contribution in [0.2, 0.25) is 0 Å². The van der Waals surface area contributed by atoms with Gasteiger partial charge in [-0.15, -0.1) is 0 Å². The maximum absolute atomic E-state index is 13.0. The zero-order valence-corrected chi connectivity index (χ0v) is 19.9. The Labute approximate surface area is 191 Å². The summed E-state index contributed by atoms with van der Waals surface area (Å²) in [5.74, 6) is 0.471. The van der Waals surface area contributed by atoms with Crippen molar-refractivity contribution in [1.29, 1.82) is 5.26 Å². The number of hydrogen-bond acceptors (Lipinski definition) is 8. The van der Waals surface area contributed by atoms with Gasteiger partial charge in [-0.1, -0.05) is 24.0 Å². The van der Waals surface area contributed by atoms with Gasteiger partial charge >= 0.3 is 0 Å². The molecule has 0 radical (unpaired) electrons. The van der Waals surface area contributed by atoms with Crippen molar-refractivity contribution in [3.63, 3.8) is 0 Å². The number of hydrogen-bond donors (Lipinski definition) is 0. The van der Waals surface area contributed by atoms with E-state index in [4.69, 9.17) is 21.7 Å². The fourth-order valence-corrected chi connectivity index (χ4v) is 5.24. The highest BCUT2D eigenvalue weighted by Crippen LogP contribution is 2.36. The van der Waals surface area contributed by atoms with Gasteiger partial charge in [0.05, 0.1) is 30.3 Å². The van der Waals surface area contributed by atoms with Gasteiger partial charge < -0.3 is 14.4 Å². The summed E-state index contributed by atoms with van der Waals surface area (Å²) in [7, 11) is 3.23. The van der Waals surface area contributed by atoms with E-state index in [-0.39, 0.29) is 29.2 Å². The molecule has 0 aliphatic carbocycles. The zero-order chi connectivity index (χ0) is 22.9. The van der Waals surface area contributed by atoms with Gasteiger partial charge in [0.2, 0.25) is 0 Å². The molecule has 2 aliphatic heterocycles. The predicted octanol–water partition coefficient (Wildman–Crippen LogP) is 2.03. The summed E-state index contributed by atoms with van der Waals surface area (Å²) in [5, 5.41) is 9.59. The van der Waals surface area contributed by atoms with Crippen molar-refractivity contribution in [1.82, 2.24) is 9.47 Å². The molecule has 1 aromatic heterocycles. The number of thioether (sulfide) groups is 1. The first-order valence-electron chi connectivity index (χ1n) is 9.98. The molecule has 2 saturated heterocycles. The smallest absolute Gasteiger partial charge is 0.270 e. The fourth-order valence-electron chi connectivity index (χ4n) is 3.95. The molecule has 0 spiro atoms. The van der Waals surface area contributed by atoms with Crippen molar-refractivity contribution < 1.29 is 14.3 Å². The van der Waals surface area contributed by atoms with Gasteiger partial charge in [0.1, 0.15) is 21.8 Å². The second kappa shape index (κ2) is 9.53. The molecule has 0 bridgehead atoms. The van der Waals surface area contributed by atoms with Crippen molar-refractivity contribution in [3.05, 3.63) is 31.9 Å². The van der Waals surface area contributed by atoms with Gasteiger partial charge in [0.25, 0.3) is 11.5 Å². The fraction of sp³-hybridized carbons (Fsp3) is 0.524. The minimum absolute atomic E-state index is 0.0186. The van der Waals surface area contributed by atoms with Crippen LogP contribution in [-0.2, 0) is 21.3 Å². The van der Waals surface area contributed by atoms with Crippen LogP contribution < -0.4 is 10.5 Å². The standard InChI is InChI=1S/C21H26N4O4S2/c1-12-10-24(11-13(2)29-12)18-15(14(3)16(9-22)19(26)23(18)4)8-17-20(27)25(6-7-28-5)21(30)31-17/h8,12-13H,6-7,10-11H2,1-5H3/b17-8+/t12-,13+. The summed E-state index contributed by atoms with van der Waals surface area (Å²) in [6, 6.07) is 2.02. The Balaban J connectivity index is 2.15. The maximum Gasteiger partial charge on any atom is 0.270 e. The number of methoxy groups -OCH3 is 1. The molecule has 0 unspecified atom stereocenters. The van der Waals surface area contributed by atoms with Crippen LogP contribution in [0.1, 0.15) is 30.5 Å². The first-order chi connectivity index (χ1) is 14.7. The van der Waals surface area contributed by atoms with Crippen LogP contribution in [0.4, 0.5) is 5.82 Å². The average Bonchev–Trinajstić information content (AvgIpc) is 2.97. The molecule has 2 fully saturated rings. The molecule has 2 atom stereocenters. The summed E-state index contributed by atoms with van der Waals surface area (Å²) < 4.78 is 12.9. The third-order valence-electron chi connectivity index (χ3n) is 5.36. The van der Waals surface area contributed by atoms with Crippen molar-refractivity contribution in [2.24, 2.45) is 7.05 Å². The van der Waals surface area contributed by atoms with E-state index in [0.29, 0.717) is 52.4 Å². The molecular weight excluding hydrogens is 436 g/mol. The molecule has 0 N–H and O–H groups in total. The van der Waals surface area contributed by atoms with E-state index >= 15 is 0 Å². The van der Waals surface area contributed by atoms with E-state index < -0.39 is 0 Å². The van der Waals surface area contributed by atoms with Crippen molar-refractivity contribution in [2.75, 3.05) is 38.3 Å². The van der Waals surface area contributed by atoms with E-state index in [0.717, 1.165) is 0 Å². The highest BCUT2D eigenvalue weighted by atomic mass is 32.2. The number of nitriles is 1. The molecule has 0 saturated carbocycles. The average molecular weight is 463 g/mol.